The van der Waals surface area contributed by atoms with Crippen molar-refractivity contribution in [2.45, 2.75) is 18.6 Å². The number of carbonyl (C=O) groups excluding carboxylic acids is 1. The summed E-state index contributed by atoms with van der Waals surface area (Å²) in [6.45, 7) is 0.536. The maximum atomic E-state index is 13.7. The van der Waals surface area contributed by atoms with Crippen LogP contribution in [0.4, 0.5) is 4.39 Å². The highest BCUT2D eigenvalue weighted by Crippen LogP contribution is 2.28. The molecule has 0 spiro atoms. The molecule has 3 aromatic rings. The third-order valence-electron chi connectivity index (χ3n) is 4.00. The second-order valence-electron chi connectivity index (χ2n) is 5.46. The Morgan fingerprint density at radius 3 is 3.13 bits per heavy atom. The lowest BCUT2D eigenvalue weighted by molar-refractivity contribution is 0.0807. The predicted molar refractivity (Wildman–Crippen MR) is 79.3 cm³/mol. The molecule has 2 N–H and O–H groups in total. The van der Waals surface area contributed by atoms with Crippen LogP contribution in [-0.2, 0) is 4.74 Å². The number of amides is 1. The van der Waals surface area contributed by atoms with Crippen LogP contribution in [-0.4, -0.2) is 28.8 Å². The number of hydrogen-bond acceptors (Lipinski definition) is 4. The van der Waals surface area contributed by atoms with Crippen LogP contribution in [0.3, 0.4) is 0 Å². The molecule has 6 nitrogen and oxygen atoms in total. The summed E-state index contributed by atoms with van der Waals surface area (Å²) in [6.07, 6.45) is 3.45. The first-order chi connectivity index (χ1) is 11.2. The van der Waals surface area contributed by atoms with Crippen molar-refractivity contribution in [3.05, 3.63) is 53.8 Å². The van der Waals surface area contributed by atoms with Gasteiger partial charge in [0.1, 0.15) is 17.5 Å². The van der Waals surface area contributed by atoms with Gasteiger partial charge in [0, 0.05) is 18.2 Å². The average molecular weight is 315 g/mol. The lowest BCUT2D eigenvalue weighted by Crippen LogP contribution is -2.37. The number of hydrogen-bond donors (Lipinski definition) is 2. The van der Waals surface area contributed by atoms with E-state index in [0.29, 0.717) is 24.0 Å². The molecule has 0 unspecified atom stereocenters. The van der Waals surface area contributed by atoms with Crippen LogP contribution in [0.25, 0.3) is 11.0 Å². The van der Waals surface area contributed by atoms with Crippen LogP contribution in [0, 0.1) is 5.82 Å². The third kappa shape index (κ3) is 2.49. The highest BCUT2D eigenvalue weighted by molar-refractivity contribution is 6.05. The van der Waals surface area contributed by atoms with Crippen molar-refractivity contribution in [3.8, 4) is 0 Å². The molecule has 4 rings (SSSR count). The number of fused-ring (bicyclic) bond motifs is 1. The van der Waals surface area contributed by atoms with Gasteiger partial charge in [0.2, 0.25) is 0 Å². The maximum Gasteiger partial charge on any atom is 0.255 e. The van der Waals surface area contributed by atoms with Gasteiger partial charge in [-0.05, 0) is 30.7 Å². The first-order valence-electron chi connectivity index (χ1n) is 7.31. The van der Waals surface area contributed by atoms with Crippen LogP contribution >= 0.6 is 0 Å². The van der Waals surface area contributed by atoms with E-state index in [2.05, 4.69) is 15.5 Å². The molecule has 3 heterocycles. The molecule has 0 radical (unpaired) electrons. The Hall–Kier alpha value is -2.67. The molecular formula is C16H14FN3O3. The summed E-state index contributed by atoms with van der Waals surface area (Å²) in [4.78, 5) is 12.6. The highest BCUT2D eigenvalue weighted by Gasteiger charge is 2.32. The Kier molecular flexibility index (Phi) is 3.34. The van der Waals surface area contributed by atoms with E-state index in [0.717, 1.165) is 5.69 Å². The molecular weight excluding hydrogens is 301 g/mol. The third-order valence-corrected chi connectivity index (χ3v) is 4.00. The van der Waals surface area contributed by atoms with Crippen molar-refractivity contribution in [3.63, 3.8) is 0 Å². The molecule has 2 atom stereocenters. The second kappa shape index (κ2) is 5.51. The molecule has 1 fully saturated rings. The number of aromatic nitrogens is 2. The molecule has 1 aliphatic heterocycles. The topological polar surface area (TPSA) is 80.1 Å². The standard InChI is InChI=1S/C16H14FN3O3/c17-10-7-9-2-5-22-14(9)11(8-10)16(21)19-12-3-6-23-15(12)13-1-4-18-20-13/h1-2,4-5,7-8,12,15H,3,6H2,(H,18,20)(H,19,21)/t12-,15-/m1/s1. The van der Waals surface area contributed by atoms with E-state index in [9.17, 15) is 9.18 Å². The number of halogens is 1. The average Bonchev–Trinajstić information content (AvgIpc) is 3.26. The summed E-state index contributed by atoms with van der Waals surface area (Å²) in [7, 11) is 0. The number of rotatable bonds is 3. The molecule has 1 amide bonds. The van der Waals surface area contributed by atoms with Gasteiger partial charge in [-0.3, -0.25) is 9.89 Å². The molecule has 1 aromatic carbocycles. The summed E-state index contributed by atoms with van der Waals surface area (Å²) in [5, 5.41) is 10.2. The maximum absolute atomic E-state index is 13.7. The minimum Gasteiger partial charge on any atom is -0.464 e. The van der Waals surface area contributed by atoms with Crippen LogP contribution in [0.15, 0.2) is 41.1 Å². The highest BCUT2D eigenvalue weighted by atomic mass is 19.1. The van der Waals surface area contributed by atoms with E-state index >= 15 is 0 Å². The van der Waals surface area contributed by atoms with Gasteiger partial charge in [-0.25, -0.2) is 4.39 Å². The SMILES string of the molecule is O=C(N[C@@H]1CCO[C@H]1c1ccn[nH]1)c1cc(F)cc2ccoc12. The van der Waals surface area contributed by atoms with Crippen molar-refractivity contribution in [2.75, 3.05) is 6.61 Å². The normalized spacial score (nSPS) is 20.9. The predicted octanol–water partition coefficient (Wildman–Crippen LogP) is 2.56. The summed E-state index contributed by atoms with van der Waals surface area (Å²) in [5.41, 5.74) is 1.36. The number of aromatic amines is 1. The minimum absolute atomic E-state index is 0.181. The molecule has 0 bridgehead atoms. The molecule has 0 saturated carbocycles. The molecule has 1 saturated heterocycles. The second-order valence-corrected chi connectivity index (χ2v) is 5.46. The molecule has 118 valence electrons. The number of furan rings is 1. The first kappa shape index (κ1) is 14.0. The summed E-state index contributed by atoms with van der Waals surface area (Å²) < 4.78 is 24.7. The zero-order chi connectivity index (χ0) is 15.8. The molecule has 23 heavy (non-hydrogen) atoms. The van der Waals surface area contributed by atoms with Gasteiger partial charge in [-0.1, -0.05) is 0 Å². The van der Waals surface area contributed by atoms with Crippen LogP contribution < -0.4 is 5.32 Å². The van der Waals surface area contributed by atoms with E-state index in [1.807, 2.05) is 6.07 Å². The van der Waals surface area contributed by atoms with Crippen molar-refractivity contribution >= 4 is 16.9 Å². The Morgan fingerprint density at radius 1 is 1.39 bits per heavy atom. The fraction of sp³-hybridized carbons (Fsp3) is 0.250. The summed E-state index contributed by atoms with van der Waals surface area (Å²) >= 11 is 0. The van der Waals surface area contributed by atoms with E-state index in [-0.39, 0.29) is 23.6 Å². The molecule has 2 aromatic heterocycles. The Bertz CT molecular complexity index is 844. The number of ether oxygens (including phenoxy) is 1. The fourth-order valence-corrected chi connectivity index (χ4v) is 2.93. The van der Waals surface area contributed by atoms with Gasteiger partial charge in [0.05, 0.1) is 23.6 Å². The van der Waals surface area contributed by atoms with Gasteiger partial charge in [-0.2, -0.15) is 5.10 Å². The van der Waals surface area contributed by atoms with E-state index in [1.54, 1.807) is 12.3 Å². The minimum atomic E-state index is -0.475. The number of nitrogens with zero attached hydrogens (tertiary/aromatic N) is 1. The van der Waals surface area contributed by atoms with Gasteiger partial charge in [-0.15, -0.1) is 0 Å². The summed E-state index contributed by atoms with van der Waals surface area (Å²) in [5.74, 6) is -0.860. The largest absolute Gasteiger partial charge is 0.464 e. The summed E-state index contributed by atoms with van der Waals surface area (Å²) in [6, 6.07) is 5.74. The first-order valence-corrected chi connectivity index (χ1v) is 7.31. The van der Waals surface area contributed by atoms with Crippen molar-refractivity contribution in [2.24, 2.45) is 0 Å². The van der Waals surface area contributed by atoms with Crippen LogP contribution in [0.5, 0.6) is 0 Å². The smallest absolute Gasteiger partial charge is 0.255 e. The quantitative estimate of drug-likeness (QED) is 0.778. The van der Waals surface area contributed by atoms with Gasteiger partial charge < -0.3 is 14.5 Å². The molecule has 1 aliphatic rings. The van der Waals surface area contributed by atoms with Crippen molar-refractivity contribution in [1.29, 1.82) is 0 Å². The number of carbonyl (C=O) groups is 1. The van der Waals surface area contributed by atoms with Crippen LogP contribution in [0.2, 0.25) is 0 Å². The number of benzene rings is 1. The Labute approximate surface area is 130 Å². The van der Waals surface area contributed by atoms with Crippen molar-refractivity contribution < 1.29 is 18.3 Å². The molecule has 0 aliphatic carbocycles. The van der Waals surface area contributed by atoms with Crippen LogP contribution in [0.1, 0.15) is 28.6 Å². The van der Waals surface area contributed by atoms with Gasteiger partial charge >= 0.3 is 0 Å². The van der Waals surface area contributed by atoms with E-state index in [1.165, 1.54) is 18.4 Å². The number of H-pyrrole nitrogens is 1. The lowest BCUT2D eigenvalue weighted by Gasteiger charge is -2.18. The van der Waals surface area contributed by atoms with Gasteiger partial charge in [0.15, 0.2) is 0 Å². The number of nitrogens with one attached hydrogen (secondary N) is 2. The van der Waals surface area contributed by atoms with E-state index < -0.39 is 5.82 Å². The lowest BCUT2D eigenvalue weighted by atomic mass is 10.1. The fourth-order valence-electron chi connectivity index (χ4n) is 2.93. The van der Waals surface area contributed by atoms with E-state index in [4.69, 9.17) is 9.15 Å². The Balaban J connectivity index is 1.60. The van der Waals surface area contributed by atoms with Crippen molar-refractivity contribution in [1.82, 2.24) is 15.5 Å². The Morgan fingerprint density at radius 2 is 2.30 bits per heavy atom. The zero-order valence-electron chi connectivity index (χ0n) is 12.1. The monoisotopic (exact) mass is 315 g/mol. The zero-order valence-corrected chi connectivity index (χ0v) is 12.1. The van der Waals surface area contributed by atoms with Gasteiger partial charge in [0.25, 0.3) is 5.91 Å². The molecule has 7 heteroatoms.